The van der Waals surface area contributed by atoms with E-state index in [9.17, 15) is 19.7 Å². The number of ether oxygens (including phenoxy) is 1. The Balaban J connectivity index is 3.15. The van der Waals surface area contributed by atoms with E-state index >= 15 is 0 Å². The minimum atomic E-state index is -1.27. The van der Waals surface area contributed by atoms with E-state index in [-0.39, 0.29) is 5.75 Å². The normalized spacial score (nSPS) is 12.1. The monoisotopic (exact) mass is 281 g/mol. The largest absolute Gasteiger partial charge is 0.479 e. The number of carboxylic acid groups (broad SMARTS) is 2. The van der Waals surface area contributed by atoms with Gasteiger partial charge in [-0.1, -0.05) is 0 Å². The van der Waals surface area contributed by atoms with Gasteiger partial charge in [0.05, 0.1) is 4.92 Å². The lowest BCUT2D eigenvalue weighted by Gasteiger charge is -2.11. The molecule has 0 bridgehead atoms. The second-order valence-corrected chi connectivity index (χ2v) is 3.75. The highest BCUT2D eigenvalue weighted by atomic mass is 16.6. The van der Waals surface area contributed by atoms with E-state index in [1.807, 2.05) is 0 Å². The molecule has 0 aliphatic heterocycles. The summed E-state index contributed by atoms with van der Waals surface area (Å²) in [5.41, 5.74) is -0.0591. The van der Waals surface area contributed by atoms with Gasteiger partial charge in [-0.15, -0.1) is 0 Å². The fourth-order valence-corrected chi connectivity index (χ4v) is 1.29. The van der Waals surface area contributed by atoms with Crippen LogP contribution in [0.15, 0.2) is 24.3 Å². The van der Waals surface area contributed by atoms with Crippen molar-refractivity contribution in [2.75, 3.05) is 0 Å². The molecule has 0 aliphatic carbocycles. The molecule has 2 N–H and O–H groups in total. The van der Waals surface area contributed by atoms with Crippen LogP contribution in [0.2, 0.25) is 0 Å². The fourth-order valence-electron chi connectivity index (χ4n) is 1.29. The van der Waals surface area contributed by atoms with Crippen molar-refractivity contribution in [3.8, 4) is 5.75 Å². The van der Waals surface area contributed by atoms with Crippen molar-refractivity contribution >= 4 is 23.7 Å². The van der Waals surface area contributed by atoms with Gasteiger partial charge in [0.2, 0.25) is 0 Å². The van der Waals surface area contributed by atoms with Gasteiger partial charge >= 0.3 is 17.6 Å². The van der Waals surface area contributed by atoms with Crippen molar-refractivity contribution in [1.29, 1.82) is 0 Å². The minimum Gasteiger partial charge on any atom is -0.479 e. The third kappa shape index (κ3) is 4.09. The van der Waals surface area contributed by atoms with Crippen molar-refractivity contribution in [2.24, 2.45) is 0 Å². The number of carboxylic acids is 2. The summed E-state index contributed by atoms with van der Waals surface area (Å²) in [7, 11) is 0. The van der Waals surface area contributed by atoms with Crippen molar-refractivity contribution in [3.05, 3.63) is 40.0 Å². The van der Waals surface area contributed by atoms with E-state index in [4.69, 9.17) is 14.9 Å². The molecule has 0 spiro atoms. The van der Waals surface area contributed by atoms with E-state index in [0.717, 1.165) is 12.1 Å². The van der Waals surface area contributed by atoms with E-state index in [2.05, 4.69) is 0 Å². The van der Waals surface area contributed by atoms with Gasteiger partial charge in [-0.05, 0) is 30.7 Å². The standard InChI is InChI=1S/C12H11NO7/c1-7(12(16)17)20-10-6-8(3-5-11(14)15)2-4-9(10)13(18)19/h2-7H,1H3,(H,14,15)(H,16,17). The summed E-state index contributed by atoms with van der Waals surface area (Å²) in [5, 5.41) is 28.0. The van der Waals surface area contributed by atoms with Crippen LogP contribution in [-0.2, 0) is 9.59 Å². The van der Waals surface area contributed by atoms with Crippen molar-refractivity contribution in [3.63, 3.8) is 0 Å². The summed E-state index contributed by atoms with van der Waals surface area (Å²) in [5.74, 6) is -2.69. The maximum atomic E-state index is 10.8. The number of nitro groups is 1. The molecule has 0 saturated heterocycles. The lowest BCUT2D eigenvalue weighted by Crippen LogP contribution is -2.23. The van der Waals surface area contributed by atoms with Crippen LogP contribution in [0.4, 0.5) is 5.69 Å². The van der Waals surface area contributed by atoms with Gasteiger partial charge < -0.3 is 14.9 Å². The maximum absolute atomic E-state index is 10.8. The molecule has 106 valence electrons. The average Bonchev–Trinajstić information content (AvgIpc) is 2.35. The van der Waals surface area contributed by atoms with Crippen LogP contribution in [0, 0.1) is 10.1 Å². The summed E-state index contributed by atoms with van der Waals surface area (Å²) in [6.07, 6.45) is 0.794. The van der Waals surface area contributed by atoms with Crippen LogP contribution in [0.1, 0.15) is 12.5 Å². The van der Waals surface area contributed by atoms with E-state index < -0.39 is 28.7 Å². The van der Waals surface area contributed by atoms with Gasteiger partial charge in [-0.2, -0.15) is 0 Å². The topological polar surface area (TPSA) is 127 Å². The Kier molecular flexibility index (Phi) is 4.79. The number of hydrogen-bond acceptors (Lipinski definition) is 5. The summed E-state index contributed by atoms with van der Waals surface area (Å²) < 4.78 is 4.99. The minimum absolute atomic E-state index is 0.238. The quantitative estimate of drug-likeness (QED) is 0.460. The summed E-state index contributed by atoms with van der Waals surface area (Å²) in [6.45, 7) is 1.23. The Morgan fingerprint density at radius 2 is 2.05 bits per heavy atom. The molecule has 0 amide bonds. The van der Waals surface area contributed by atoms with Gasteiger partial charge in [0, 0.05) is 12.1 Å². The SMILES string of the molecule is CC(Oc1cc(C=CC(=O)O)ccc1[N+](=O)[O-])C(=O)O. The van der Waals surface area contributed by atoms with Crippen LogP contribution >= 0.6 is 0 Å². The maximum Gasteiger partial charge on any atom is 0.344 e. The number of nitrogens with zero attached hydrogens (tertiary/aromatic N) is 1. The molecule has 0 aromatic heterocycles. The first-order valence-electron chi connectivity index (χ1n) is 5.40. The van der Waals surface area contributed by atoms with E-state index in [0.29, 0.717) is 5.56 Å². The van der Waals surface area contributed by atoms with Crippen LogP contribution in [-0.4, -0.2) is 33.2 Å². The van der Waals surface area contributed by atoms with E-state index in [1.54, 1.807) is 0 Å². The average molecular weight is 281 g/mol. The van der Waals surface area contributed by atoms with Gasteiger partial charge in [-0.3, -0.25) is 10.1 Å². The van der Waals surface area contributed by atoms with Crippen molar-refractivity contribution in [2.45, 2.75) is 13.0 Å². The molecule has 1 atom stereocenters. The fraction of sp³-hybridized carbons (Fsp3) is 0.167. The number of rotatable bonds is 6. The second-order valence-electron chi connectivity index (χ2n) is 3.75. The van der Waals surface area contributed by atoms with Gasteiger partial charge in [0.25, 0.3) is 0 Å². The molecular weight excluding hydrogens is 270 g/mol. The number of hydrogen-bond donors (Lipinski definition) is 2. The first-order chi connectivity index (χ1) is 9.31. The van der Waals surface area contributed by atoms with Gasteiger partial charge in [0.1, 0.15) is 0 Å². The van der Waals surface area contributed by atoms with Crippen molar-refractivity contribution < 1.29 is 29.5 Å². The Morgan fingerprint density at radius 1 is 1.40 bits per heavy atom. The number of aliphatic carboxylic acids is 2. The zero-order valence-electron chi connectivity index (χ0n) is 10.3. The molecule has 0 aliphatic rings. The third-order valence-electron chi connectivity index (χ3n) is 2.25. The molecule has 1 aromatic rings. The molecule has 0 fully saturated rings. The molecule has 8 nitrogen and oxygen atoms in total. The zero-order valence-corrected chi connectivity index (χ0v) is 10.3. The molecule has 1 unspecified atom stereocenters. The summed E-state index contributed by atoms with van der Waals surface area (Å²) in [4.78, 5) is 31.2. The molecular formula is C12H11NO7. The summed E-state index contributed by atoms with van der Waals surface area (Å²) in [6, 6.07) is 3.65. The Hall–Kier alpha value is -2.90. The highest BCUT2D eigenvalue weighted by Gasteiger charge is 2.20. The van der Waals surface area contributed by atoms with Crippen LogP contribution < -0.4 is 4.74 Å². The zero-order chi connectivity index (χ0) is 15.3. The third-order valence-corrected chi connectivity index (χ3v) is 2.25. The van der Waals surface area contributed by atoms with Crippen LogP contribution in [0.25, 0.3) is 6.08 Å². The highest BCUT2D eigenvalue weighted by Crippen LogP contribution is 2.29. The molecule has 1 rings (SSSR count). The number of nitro benzene ring substituents is 1. The predicted octanol–water partition coefficient (Wildman–Crippen LogP) is 1.54. The van der Waals surface area contributed by atoms with E-state index in [1.165, 1.54) is 25.1 Å². The molecule has 8 heteroatoms. The highest BCUT2D eigenvalue weighted by molar-refractivity contribution is 5.85. The first kappa shape index (κ1) is 15.2. The second kappa shape index (κ2) is 6.32. The van der Waals surface area contributed by atoms with Crippen LogP contribution in [0.3, 0.4) is 0 Å². The molecule has 0 radical (unpaired) electrons. The Labute approximate surface area is 113 Å². The number of benzene rings is 1. The van der Waals surface area contributed by atoms with Crippen molar-refractivity contribution in [1.82, 2.24) is 0 Å². The lowest BCUT2D eigenvalue weighted by molar-refractivity contribution is -0.386. The molecule has 0 saturated carbocycles. The first-order valence-corrected chi connectivity index (χ1v) is 5.40. The molecule has 20 heavy (non-hydrogen) atoms. The van der Waals surface area contributed by atoms with Gasteiger partial charge in [-0.25, -0.2) is 9.59 Å². The smallest absolute Gasteiger partial charge is 0.344 e. The predicted molar refractivity (Wildman–Crippen MR) is 67.5 cm³/mol. The molecule has 1 aromatic carbocycles. The molecule has 0 heterocycles. The van der Waals surface area contributed by atoms with Gasteiger partial charge in [0.15, 0.2) is 11.9 Å². The van der Waals surface area contributed by atoms with Crippen LogP contribution in [0.5, 0.6) is 5.75 Å². The Morgan fingerprint density at radius 3 is 2.55 bits per heavy atom. The number of carbonyl (C=O) groups is 2. The summed E-state index contributed by atoms with van der Waals surface area (Å²) >= 11 is 0. The Bertz CT molecular complexity index is 579. The lowest BCUT2D eigenvalue weighted by atomic mass is 10.1.